The van der Waals surface area contributed by atoms with E-state index in [1.807, 2.05) is 0 Å². The number of benzene rings is 1. The third-order valence-electron chi connectivity index (χ3n) is 8.17. The zero-order valence-electron chi connectivity index (χ0n) is 27.7. The SMILES string of the molecule is CC1(C)C=C(CS(=O)(=O)O)c2cc3c(C(F)(F)F)cc(=O)oc3cc2N1CCCCCC(=O)ON1C(=O)CCC1=O.CCN(CC)CC. The molecule has 2 aliphatic heterocycles. The highest BCUT2D eigenvalue weighted by Gasteiger charge is 2.38. The average molecular weight is 702 g/mol. The smallest absolute Gasteiger partial charge is 0.417 e. The highest BCUT2D eigenvalue weighted by molar-refractivity contribution is 7.86. The molecule has 0 saturated carbocycles. The highest BCUT2D eigenvalue weighted by Crippen LogP contribution is 2.44. The number of halogens is 3. The molecule has 0 radical (unpaired) electrons. The first kappa shape index (κ1) is 38.7. The van der Waals surface area contributed by atoms with E-state index in [9.17, 15) is 45.3 Å². The number of nitrogens with zero attached hydrogens (tertiary/aromatic N) is 3. The Balaban J connectivity index is 0.000000804. The molecule has 48 heavy (non-hydrogen) atoms. The molecule has 16 heteroatoms. The van der Waals surface area contributed by atoms with E-state index in [1.54, 1.807) is 24.8 Å². The molecular formula is C32H42F3N3O9S. The summed E-state index contributed by atoms with van der Waals surface area (Å²) in [4.78, 5) is 56.2. The summed E-state index contributed by atoms with van der Waals surface area (Å²) < 4.78 is 79.3. The van der Waals surface area contributed by atoms with Crippen molar-refractivity contribution < 1.29 is 49.8 Å². The average Bonchev–Trinajstić information content (AvgIpc) is 3.29. The minimum atomic E-state index is -4.89. The van der Waals surface area contributed by atoms with Crippen LogP contribution in [-0.4, -0.2) is 78.2 Å². The predicted molar refractivity (Wildman–Crippen MR) is 172 cm³/mol. The fourth-order valence-corrected chi connectivity index (χ4v) is 6.35. The Morgan fingerprint density at radius 2 is 1.60 bits per heavy atom. The van der Waals surface area contributed by atoms with Crippen LogP contribution < -0.4 is 10.5 Å². The number of fused-ring (bicyclic) bond motifs is 2. The Labute approximate surface area is 277 Å². The minimum absolute atomic E-state index is 0.0180. The Hall–Kier alpha value is -3.76. The van der Waals surface area contributed by atoms with E-state index in [-0.39, 0.29) is 36.0 Å². The molecule has 0 atom stereocenters. The van der Waals surface area contributed by atoms with Crippen molar-refractivity contribution >= 4 is 50.1 Å². The van der Waals surface area contributed by atoms with Gasteiger partial charge in [0.1, 0.15) is 11.3 Å². The van der Waals surface area contributed by atoms with Gasteiger partial charge in [-0.3, -0.25) is 14.1 Å². The molecule has 1 aromatic carbocycles. The maximum absolute atomic E-state index is 13.7. The first-order valence-electron chi connectivity index (χ1n) is 15.7. The van der Waals surface area contributed by atoms with Gasteiger partial charge in [-0.2, -0.15) is 21.6 Å². The Kier molecular flexibility index (Phi) is 12.6. The van der Waals surface area contributed by atoms with E-state index in [0.29, 0.717) is 42.6 Å². The monoisotopic (exact) mass is 701 g/mol. The summed E-state index contributed by atoms with van der Waals surface area (Å²) in [5, 5.41) is 0.0315. The summed E-state index contributed by atoms with van der Waals surface area (Å²) in [6, 6.07) is 2.68. The van der Waals surface area contributed by atoms with E-state index >= 15 is 0 Å². The van der Waals surface area contributed by atoms with Crippen LogP contribution in [0.2, 0.25) is 0 Å². The lowest BCUT2D eigenvalue weighted by molar-refractivity contribution is -0.197. The van der Waals surface area contributed by atoms with Gasteiger partial charge in [0.05, 0.1) is 11.1 Å². The van der Waals surface area contributed by atoms with Gasteiger partial charge in [0.15, 0.2) is 0 Å². The number of rotatable bonds is 12. The van der Waals surface area contributed by atoms with Crippen LogP contribution in [0.25, 0.3) is 16.5 Å². The first-order valence-corrected chi connectivity index (χ1v) is 17.3. The van der Waals surface area contributed by atoms with Crippen LogP contribution >= 0.6 is 0 Å². The molecule has 2 aromatic rings. The number of amides is 2. The molecule has 2 amide bonds. The van der Waals surface area contributed by atoms with Crippen molar-refractivity contribution in [3.8, 4) is 0 Å². The van der Waals surface area contributed by atoms with Gasteiger partial charge in [-0.15, -0.1) is 5.06 Å². The van der Waals surface area contributed by atoms with Crippen LogP contribution in [0.3, 0.4) is 0 Å². The van der Waals surface area contributed by atoms with Crippen LogP contribution in [0.15, 0.2) is 33.5 Å². The second-order valence-electron chi connectivity index (χ2n) is 12.0. The standard InChI is InChI=1S/C26H27F3N2O9S.C6H15N/c1-25(2)13-15(14-41(36,37)38)16-10-17-18(26(27,28)29)11-24(35)39-20(17)12-19(16)30(25)9-5-3-4-6-23(34)40-31-21(32)7-8-22(31)33;1-4-7(5-2)6-3/h10-13H,3-9,14H2,1-2H3,(H,36,37,38);4-6H2,1-3H3. The summed E-state index contributed by atoms with van der Waals surface area (Å²) in [5.74, 6) is -2.75. The number of alkyl halides is 3. The van der Waals surface area contributed by atoms with Gasteiger partial charge in [-0.05, 0) is 58.0 Å². The zero-order chi connectivity index (χ0) is 36.0. The van der Waals surface area contributed by atoms with Gasteiger partial charge in [0.25, 0.3) is 21.9 Å². The molecule has 1 saturated heterocycles. The second-order valence-corrected chi connectivity index (χ2v) is 13.5. The molecule has 3 heterocycles. The molecule has 1 N–H and O–H groups in total. The molecular weight excluding hydrogens is 659 g/mol. The molecule has 0 unspecified atom stereocenters. The van der Waals surface area contributed by atoms with Gasteiger partial charge in [-0.25, -0.2) is 9.59 Å². The number of unbranched alkanes of at least 4 members (excludes halogenated alkanes) is 2. The quantitative estimate of drug-likeness (QED) is 0.134. The summed E-state index contributed by atoms with van der Waals surface area (Å²) in [6.07, 6.45) is -2.13. The number of carbonyl (C=O) groups excluding carboxylic acids is 3. The Morgan fingerprint density at radius 1 is 1.00 bits per heavy atom. The maximum atomic E-state index is 13.7. The lowest BCUT2D eigenvalue weighted by atomic mass is 9.87. The summed E-state index contributed by atoms with van der Waals surface area (Å²) >= 11 is 0. The number of anilines is 1. The molecule has 2 aliphatic rings. The van der Waals surface area contributed by atoms with Gasteiger partial charge in [0.2, 0.25) is 0 Å². The summed E-state index contributed by atoms with van der Waals surface area (Å²) in [6.45, 7) is 13.9. The van der Waals surface area contributed by atoms with Crippen molar-refractivity contribution in [3.05, 3.63) is 45.8 Å². The molecule has 0 bridgehead atoms. The van der Waals surface area contributed by atoms with Crippen molar-refractivity contribution in [2.45, 2.75) is 84.9 Å². The first-order chi connectivity index (χ1) is 22.3. The lowest BCUT2D eigenvalue weighted by Crippen LogP contribution is -2.46. The number of hydroxylamine groups is 2. The van der Waals surface area contributed by atoms with Gasteiger partial charge >= 0.3 is 17.8 Å². The van der Waals surface area contributed by atoms with E-state index in [1.165, 1.54) is 25.7 Å². The van der Waals surface area contributed by atoms with E-state index in [0.717, 1.165) is 6.07 Å². The van der Waals surface area contributed by atoms with Crippen molar-refractivity contribution in [3.63, 3.8) is 0 Å². The molecule has 0 aliphatic carbocycles. The highest BCUT2D eigenvalue weighted by atomic mass is 32.2. The Morgan fingerprint density at radius 3 is 2.12 bits per heavy atom. The van der Waals surface area contributed by atoms with Crippen molar-refractivity contribution in [2.75, 3.05) is 36.8 Å². The van der Waals surface area contributed by atoms with Crippen molar-refractivity contribution in [2.24, 2.45) is 0 Å². The van der Waals surface area contributed by atoms with Crippen LogP contribution in [0.5, 0.6) is 0 Å². The van der Waals surface area contributed by atoms with Crippen LogP contribution in [0.1, 0.15) is 84.3 Å². The third-order valence-corrected chi connectivity index (χ3v) is 8.84. The van der Waals surface area contributed by atoms with Crippen LogP contribution in [0, 0.1) is 0 Å². The fourth-order valence-electron chi connectivity index (χ4n) is 5.72. The van der Waals surface area contributed by atoms with Crippen molar-refractivity contribution in [1.29, 1.82) is 0 Å². The summed E-state index contributed by atoms with van der Waals surface area (Å²) in [5.41, 5.74) is -3.15. The largest absolute Gasteiger partial charge is 0.423 e. The van der Waals surface area contributed by atoms with Crippen molar-refractivity contribution in [1.82, 2.24) is 9.96 Å². The van der Waals surface area contributed by atoms with Gasteiger partial charge < -0.3 is 19.1 Å². The second kappa shape index (κ2) is 15.6. The number of hydrogen-bond donors (Lipinski definition) is 1. The lowest BCUT2D eigenvalue weighted by Gasteiger charge is -2.44. The molecule has 0 spiro atoms. The van der Waals surface area contributed by atoms with Gasteiger partial charge in [-0.1, -0.05) is 33.3 Å². The molecule has 266 valence electrons. The van der Waals surface area contributed by atoms with E-state index < -0.39 is 61.9 Å². The number of carbonyl (C=O) groups is 3. The fraction of sp³-hybridized carbons (Fsp3) is 0.562. The topological polar surface area (TPSA) is 155 Å². The van der Waals surface area contributed by atoms with E-state index in [2.05, 4.69) is 25.7 Å². The number of imide groups is 1. The molecule has 1 fully saturated rings. The maximum Gasteiger partial charge on any atom is 0.417 e. The molecule has 1 aromatic heterocycles. The molecule has 4 rings (SSSR count). The Bertz CT molecular complexity index is 1690. The zero-order valence-corrected chi connectivity index (χ0v) is 28.5. The molecule has 12 nitrogen and oxygen atoms in total. The van der Waals surface area contributed by atoms with Crippen LogP contribution in [0.4, 0.5) is 18.9 Å². The number of hydrogen-bond acceptors (Lipinski definition) is 10. The minimum Gasteiger partial charge on any atom is -0.423 e. The van der Waals surface area contributed by atoms with Gasteiger partial charge in [0, 0.05) is 54.6 Å². The third kappa shape index (κ3) is 9.89. The normalized spacial score (nSPS) is 16.2. The van der Waals surface area contributed by atoms with E-state index in [4.69, 9.17) is 9.25 Å². The predicted octanol–water partition coefficient (Wildman–Crippen LogP) is 5.20. The van der Waals surface area contributed by atoms with Crippen LogP contribution in [-0.2, 0) is 35.5 Å². The summed E-state index contributed by atoms with van der Waals surface area (Å²) in [7, 11) is -4.55.